The van der Waals surface area contributed by atoms with E-state index in [1.165, 1.54) is 12.1 Å². The summed E-state index contributed by atoms with van der Waals surface area (Å²) in [6.45, 7) is 6.53. The highest BCUT2D eigenvalue weighted by Crippen LogP contribution is 2.60. The summed E-state index contributed by atoms with van der Waals surface area (Å²) in [4.78, 5) is 36.8. The van der Waals surface area contributed by atoms with Crippen LogP contribution in [0.25, 0.3) is 0 Å². The van der Waals surface area contributed by atoms with Crippen LogP contribution in [0.2, 0.25) is 0 Å². The van der Waals surface area contributed by atoms with Gasteiger partial charge in [0.25, 0.3) is 0 Å². The zero-order valence-electron chi connectivity index (χ0n) is 21.2. The summed E-state index contributed by atoms with van der Waals surface area (Å²) in [7, 11) is 0. The molecule has 198 valence electrons. The van der Waals surface area contributed by atoms with Gasteiger partial charge in [-0.05, 0) is 62.1 Å². The number of fused-ring (bicyclic) bond motifs is 2. The topological polar surface area (TPSA) is 92.3 Å². The van der Waals surface area contributed by atoms with Gasteiger partial charge in [0.2, 0.25) is 18.0 Å². The van der Waals surface area contributed by atoms with Crippen LogP contribution in [-0.4, -0.2) is 42.4 Å². The van der Waals surface area contributed by atoms with Crippen molar-refractivity contribution in [2.75, 3.05) is 6.54 Å². The maximum Gasteiger partial charge on any atom is 0.308 e. The van der Waals surface area contributed by atoms with Crippen molar-refractivity contribution in [3.8, 4) is 0 Å². The van der Waals surface area contributed by atoms with Gasteiger partial charge >= 0.3 is 5.97 Å². The first-order valence-corrected chi connectivity index (χ1v) is 13.1. The minimum absolute atomic E-state index is 0.0191. The Balaban J connectivity index is 1.15. The Morgan fingerprint density at radius 1 is 1.08 bits per heavy atom. The van der Waals surface area contributed by atoms with E-state index in [9.17, 15) is 14.0 Å². The van der Waals surface area contributed by atoms with Crippen LogP contribution in [0.4, 0.5) is 4.39 Å². The zero-order chi connectivity index (χ0) is 25.5. The summed E-state index contributed by atoms with van der Waals surface area (Å²) >= 11 is 0. The van der Waals surface area contributed by atoms with Gasteiger partial charge in [0, 0.05) is 31.2 Å². The van der Waals surface area contributed by atoms with E-state index in [2.05, 4.69) is 12.2 Å². The monoisotopic (exact) mass is 505 g/mol. The van der Waals surface area contributed by atoms with Crippen LogP contribution in [-0.2, 0) is 40.0 Å². The fraction of sp³-hybridized carbons (Fsp3) is 0.704. The Bertz CT molecular complexity index is 973. The highest BCUT2D eigenvalue weighted by atomic mass is 19.1. The van der Waals surface area contributed by atoms with Crippen molar-refractivity contribution >= 4 is 11.9 Å². The maximum absolute atomic E-state index is 13.0. The molecule has 4 heterocycles. The van der Waals surface area contributed by atoms with E-state index in [-0.39, 0.29) is 42.3 Å². The highest BCUT2D eigenvalue weighted by molar-refractivity contribution is 5.81. The van der Waals surface area contributed by atoms with Gasteiger partial charge in [-0.3, -0.25) is 9.59 Å². The fourth-order valence-corrected chi connectivity index (χ4v) is 6.50. The number of esters is 1. The normalized spacial score (nSPS) is 39.1. The zero-order valence-corrected chi connectivity index (χ0v) is 21.2. The average Bonchev–Trinajstić information content (AvgIpc) is 3.08. The minimum atomic E-state index is -0.890. The summed E-state index contributed by atoms with van der Waals surface area (Å²) in [5, 5.41) is 2.79. The van der Waals surface area contributed by atoms with E-state index < -0.39 is 29.9 Å². The molecule has 4 unspecified atom stereocenters. The number of ether oxygens (including phenoxy) is 3. The van der Waals surface area contributed by atoms with Crippen LogP contribution in [0.15, 0.2) is 24.3 Å². The lowest BCUT2D eigenvalue weighted by Gasteiger charge is -2.59. The number of halogens is 1. The summed E-state index contributed by atoms with van der Waals surface area (Å²) < 4.78 is 31.3. The number of rotatable bonds is 7. The molecule has 4 saturated heterocycles. The van der Waals surface area contributed by atoms with Crippen LogP contribution in [0, 0.1) is 29.5 Å². The van der Waals surface area contributed by atoms with Gasteiger partial charge in [0.05, 0.1) is 6.42 Å². The third kappa shape index (κ3) is 4.78. The van der Waals surface area contributed by atoms with Crippen LogP contribution in [0.3, 0.4) is 0 Å². The summed E-state index contributed by atoms with van der Waals surface area (Å²) in [5.74, 6) is -1.27. The molecule has 8 nitrogen and oxygen atoms in total. The molecule has 1 aromatic rings. The van der Waals surface area contributed by atoms with E-state index in [0.717, 1.165) is 24.8 Å². The van der Waals surface area contributed by atoms with Crippen molar-refractivity contribution in [1.29, 1.82) is 0 Å². The van der Waals surface area contributed by atoms with Crippen LogP contribution in [0.1, 0.15) is 64.9 Å². The Kier molecular flexibility index (Phi) is 7.11. The lowest BCUT2D eigenvalue weighted by atomic mass is 9.58. The van der Waals surface area contributed by atoms with E-state index >= 15 is 0 Å². The molecule has 1 aromatic carbocycles. The molecular formula is C27H36FNO7. The largest absolute Gasteiger partial charge is 0.435 e. The number of hydrogen-bond donors (Lipinski definition) is 1. The summed E-state index contributed by atoms with van der Waals surface area (Å²) in [5.41, 5.74) is 0.217. The fourth-order valence-electron chi connectivity index (χ4n) is 6.50. The molecule has 0 aromatic heterocycles. The molecule has 1 aliphatic carbocycles. The molecule has 6 rings (SSSR count). The second-order valence-electron chi connectivity index (χ2n) is 11.0. The smallest absolute Gasteiger partial charge is 0.308 e. The lowest BCUT2D eigenvalue weighted by Crippen LogP contribution is -2.70. The van der Waals surface area contributed by atoms with Crippen LogP contribution < -0.4 is 5.32 Å². The first kappa shape index (κ1) is 25.6. The van der Waals surface area contributed by atoms with Crippen LogP contribution in [0.5, 0.6) is 0 Å². The maximum atomic E-state index is 13.0. The number of carbonyl (C=O) groups excluding carboxylic acids is 2. The van der Waals surface area contributed by atoms with Gasteiger partial charge in [-0.15, -0.1) is 0 Å². The minimum Gasteiger partial charge on any atom is -0.435 e. The Hall–Kier alpha value is -2.07. The van der Waals surface area contributed by atoms with Crippen molar-refractivity contribution in [3.63, 3.8) is 0 Å². The van der Waals surface area contributed by atoms with Crippen molar-refractivity contribution < 1.29 is 38.0 Å². The molecule has 36 heavy (non-hydrogen) atoms. The molecule has 1 spiro atoms. The molecule has 1 N–H and O–H groups in total. The summed E-state index contributed by atoms with van der Waals surface area (Å²) in [6, 6.07) is 6.15. The summed E-state index contributed by atoms with van der Waals surface area (Å²) in [6.07, 6.45) is 2.71. The molecule has 5 aliphatic rings. The molecule has 8 atom stereocenters. The molecule has 2 bridgehead atoms. The number of hydrogen-bond acceptors (Lipinski definition) is 7. The number of amides is 1. The Morgan fingerprint density at radius 2 is 1.86 bits per heavy atom. The van der Waals surface area contributed by atoms with E-state index in [1.807, 2.05) is 13.8 Å². The quantitative estimate of drug-likeness (QED) is 0.442. The number of benzene rings is 1. The van der Waals surface area contributed by atoms with Crippen molar-refractivity contribution in [3.05, 3.63) is 35.6 Å². The first-order valence-electron chi connectivity index (χ1n) is 13.1. The van der Waals surface area contributed by atoms with Crippen molar-refractivity contribution in [2.24, 2.45) is 23.7 Å². The third-order valence-electron chi connectivity index (χ3n) is 8.55. The lowest BCUT2D eigenvalue weighted by molar-refractivity contribution is -0.576. The van der Waals surface area contributed by atoms with Gasteiger partial charge in [-0.2, -0.15) is 0 Å². The molecule has 9 heteroatoms. The van der Waals surface area contributed by atoms with Gasteiger partial charge < -0.3 is 19.5 Å². The predicted molar refractivity (Wildman–Crippen MR) is 125 cm³/mol. The van der Waals surface area contributed by atoms with E-state index in [4.69, 9.17) is 24.0 Å². The van der Waals surface area contributed by atoms with Crippen molar-refractivity contribution in [2.45, 2.75) is 89.7 Å². The molecule has 4 aliphatic heterocycles. The van der Waals surface area contributed by atoms with Gasteiger partial charge in [0.1, 0.15) is 5.82 Å². The average molecular weight is 506 g/mol. The van der Waals surface area contributed by atoms with Crippen LogP contribution >= 0.6 is 0 Å². The Labute approximate surface area is 211 Å². The molecule has 1 amide bonds. The van der Waals surface area contributed by atoms with E-state index in [1.54, 1.807) is 12.1 Å². The molecule has 0 radical (unpaired) electrons. The molecular weight excluding hydrogens is 469 g/mol. The second kappa shape index (κ2) is 10.0. The highest BCUT2D eigenvalue weighted by Gasteiger charge is 2.69. The van der Waals surface area contributed by atoms with E-state index in [0.29, 0.717) is 25.3 Å². The first-order chi connectivity index (χ1) is 17.2. The van der Waals surface area contributed by atoms with Crippen molar-refractivity contribution in [1.82, 2.24) is 5.32 Å². The van der Waals surface area contributed by atoms with Gasteiger partial charge in [0.15, 0.2) is 11.9 Å². The Morgan fingerprint density at radius 3 is 2.64 bits per heavy atom. The second-order valence-corrected chi connectivity index (χ2v) is 11.0. The number of nitrogens with one attached hydrogen (secondary N) is 1. The molecule has 1 saturated carbocycles. The standard InChI is InChI=1S/C27H36FNO7/c1-16-4-9-21-17(2)24(33-25-27(21)20(16)12-14-26(3,34-25)35-36-27)32-23(31)11-10-22(30)29-15-13-18-5-7-19(28)8-6-18/h5-8,16-17,20-21,24-25H,4,9-15H2,1-3H3,(H,29,30)/t16?,17?,20?,21?,24-,25-,26-,27-/m1/s1. The van der Waals surface area contributed by atoms with Gasteiger partial charge in [-0.1, -0.05) is 26.0 Å². The SMILES string of the molecule is CC1CCC2C(C)[C@H](OC(=O)CCC(=O)NCCc3ccc(F)cc3)O[C@@H]3O[C@@]4(C)CCC1[C@@]23OO4. The van der Waals surface area contributed by atoms with Gasteiger partial charge in [-0.25, -0.2) is 14.2 Å². The molecule has 5 fully saturated rings. The predicted octanol–water partition coefficient (Wildman–Crippen LogP) is 4.02. The number of carbonyl (C=O) groups is 2. The third-order valence-corrected chi connectivity index (χ3v) is 8.55.